The van der Waals surface area contributed by atoms with Gasteiger partial charge in [-0.15, -0.1) is 11.3 Å². The molecule has 1 N–H and O–H groups in total. The zero-order valence-electron chi connectivity index (χ0n) is 15.0. The molecule has 1 fully saturated rings. The molecule has 0 unspecified atom stereocenters. The van der Waals surface area contributed by atoms with Crippen LogP contribution >= 0.6 is 11.3 Å². The van der Waals surface area contributed by atoms with Gasteiger partial charge in [-0.3, -0.25) is 4.79 Å². The van der Waals surface area contributed by atoms with E-state index in [4.69, 9.17) is 0 Å². The van der Waals surface area contributed by atoms with Crippen LogP contribution in [-0.4, -0.2) is 29.0 Å². The van der Waals surface area contributed by atoms with Crippen LogP contribution in [0.4, 0.5) is 14.6 Å². The fourth-order valence-corrected chi connectivity index (χ4v) is 3.93. The molecule has 1 aliphatic rings. The molecule has 144 valence electrons. The quantitative estimate of drug-likeness (QED) is 0.703. The molecule has 1 saturated heterocycles. The number of pyridine rings is 1. The molecule has 3 aromatic rings. The van der Waals surface area contributed by atoms with E-state index in [9.17, 15) is 13.6 Å². The van der Waals surface area contributed by atoms with Crippen molar-refractivity contribution in [3.05, 3.63) is 64.8 Å². The first-order valence-electron chi connectivity index (χ1n) is 8.98. The predicted octanol–water partition coefficient (Wildman–Crippen LogP) is 4.01. The number of rotatable bonds is 5. The maximum absolute atomic E-state index is 13.2. The van der Waals surface area contributed by atoms with Crippen molar-refractivity contribution in [3.8, 4) is 10.6 Å². The minimum Gasteiger partial charge on any atom is -0.357 e. The van der Waals surface area contributed by atoms with Crippen molar-refractivity contribution in [3.63, 3.8) is 0 Å². The second kappa shape index (κ2) is 8.02. The van der Waals surface area contributed by atoms with Crippen molar-refractivity contribution in [2.24, 2.45) is 0 Å². The van der Waals surface area contributed by atoms with E-state index in [-0.39, 0.29) is 12.2 Å². The highest BCUT2D eigenvalue weighted by atomic mass is 32.1. The number of halogens is 2. The number of nitrogens with zero attached hydrogens (tertiary/aromatic N) is 3. The Morgan fingerprint density at radius 1 is 1.14 bits per heavy atom. The van der Waals surface area contributed by atoms with Gasteiger partial charge in [0.2, 0.25) is 0 Å². The lowest BCUT2D eigenvalue weighted by Crippen LogP contribution is -2.23. The van der Waals surface area contributed by atoms with Crippen LogP contribution in [0.25, 0.3) is 10.6 Å². The maximum Gasteiger partial charge on any atom is 0.271 e. The number of benzene rings is 1. The molecule has 0 atom stereocenters. The van der Waals surface area contributed by atoms with Crippen molar-refractivity contribution in [2.45, 2.75) is 19.4 Å². The van der Waals surface area contributed by atoms with Gasteiger partial charge in [-0.05, 0) is 42.7 Å². The van der Waals surface area contributed by atoms with Gasteiger partial charge in [0, 0.05) is 42.8 Å². The lowest BCUT2D eigenvalue weighted by Gasteiger charge is -2.15. The number of carbonyl (C=O) groups is 1. The van der Waals surface area contributed by atoms with Gasteiger partial charge in [-0.25, -0.2) is 18.7 Å². The molecular weight excluding hydrogens is 382 g/mol. The number of hydrogen-bond acceptors (Lipinski definition) is 5. The Morgan fingerprint density at radius 2 is 1.89 bits per heavy atom. The molecule has 0 spiro atoms. The fraction of sp³-hybridized carbons (Fsp3) is 0.250. The van der Waals surface area contributed by atoms with E-state index in [1.54, 1.807) is 11.6 Å². The van der Waals surface area contributed by atoms with Gasteiger partial charge in [0.05, 0.1) is 0 Å². The third-order valence-electron chi connectivity index (χ3n) is 4.54. The summed E-state index contributed by atoms with van der Waals surface area (Å²) in [5, 5.41) is 4.98. The molecule has 0 saturated carbocycles. The van der Waals surface area contributed by atoms with E-state index < -0.39 is 17.5 Å². The molecule has 0 radical (unpaired) electrons. The molecule has 1 aliphatic heterocycles. The normalized spacial score (nSPS) is 13.7. The monoisotopic (exact) mass is 400 g/mol. The summed E-state index contributed by atoms with van der Waals surface area (Å²) in [6, 6.07) is 7.09. The molecule has 28 heavy (non-hydrogen) atoms. The van der Waals surface area contributed by atoms with Crippen molar-refractivity contribution in [1.29, 1.82) is 0 Å². The maximum atomic E-state index is 13.2. The van der Waals surface area contributed by atoms with Crippen LogP contribution in [0.5, 0.6) is 0 Å². The summed E-state index contributed by atoms with van der Waals surface area (Å²) in [5.74, 6) is -0.790. The molecule has 2 aromatic heterocycles. The molecule has 8 heteroatoms. The first-order valence-corrected chi connectivity index (χ1v) is 9.86. The van der Waals surface area contributed by atoms with Crippen LogP contribution in [0, 0.1) is 11.6 Å². The topological polar surface area (TPSA) is 58.1 Å². The number of carbonyl (C=O) groups excluding carboxylic acids is 1. The Kier molecular flexibility index (Phi) is 5.29. The molecule has 0 bridgehead atoms. The van der Waals surface area contributed by atoms with Gasteiger partial charge >= 0.3 is 0 Å². The predicted molar refractivity (Wildman–Crippen MR) is 104 cm³/mol. The van der Waals surface area contributed by atoms with Gasteiger partial charge in [0.15, 0.2) is 0 Å². The summed E-state index contributed by atoms with van der Waals surface area (Å²) in [5.41, 5.74) is 1.46. The highest BCUT2D eigenvalue weighted by Gasteiger charge is 2.15. The average Bonchev–Trinajstić information content (AvgIpc) is 3.37. The van der Waals surface area contributed by atoms with Crippen LogP contribution in [0.3, 0.4) is 0 Å². The van der Waals surface area contributed by atoms with Crippen molar-refractivity contribution >= 4 is 23.1 Å². The second-order valence-corrected chi connectivity index (χ2v) is 7.46. The number of aromatic nitrogens is 2. The lowest BCUT2D eigenvalue weighted by atomic mass is 10.2. The number of anilines is 1. The van der Waals surface area contributed by atoms with E-state index in [0.717, 1.165) is 30.5 Å². The van der Waals surface area contributed by atoms with Crippen LogP contribution in [0.15, 0.2) is 41.9 Å². The van der Waals surface area contributed by atoms with E-state index in [1.807, 2.05) is 12.1 Å². The highest BCUT2D eigenvalue weighted by molar-refractivity contribution is 7.13. The average molecular weight is 400 g/mol. The minimum atomic E-state index is -0.676. The Labute approximate surface area is 165 Å². The summed E-state index contributed by atoms with van der Waals surface area (Å²) in [6.07, 6.45) is 4.15. The first kappa shape index (κ1) is 18.5. The molecular formula is C20H18F2N4OS. The van der Waals surface area contributed by atoms with Crippen LogP contribution < -0.4 is 10.2 Å². The third kappa shape index (κ3) is 4.17. The molecule has 0 aliphatic carbocycles. The molecule has 3 heterocycles. The molecule has 1 aromatic carbocycles. The van der Waals surface area contributed by atoms with E-state index in [1.165, 1.54) is 36.3 Å². The van der Waals surface area contributed by atoms with Crippen molar-refractivity contribution in [2.75, 3.05) is 18.0 Å². The largest absolute Gasteiger partial charge is 0.357 e. The van der Waals surface area contributed by atoms with Gasteiger partial charge in [0.1, 0.15) is 28.2 Å². The number of nitrogens with one attached hydrogen (secondary N) is 1. The number of hydrogen-bond donors (Lipinski definition) is 1. The molecule has 5 nitrogen and oxygen atoms in total. The van der Waals surface area contributed by atoms with Gasteiger partial charge in [-0.1, -0.05) is 0 Å². The molecule has 1 amide bonds. The van der Waals surface area contributed by atoms with E-state index >= 15 is 0 Å². The van der Waals surface area contributed by atoms with Crippen molar-refractivity contribution in [1.82, 2.24) is 15.3 Å². The minimum absolute atomic E-state index is 0.0203. The number of thiazole rings is 1. The third-order valence-corrected chi connectivity index (χ3v) is 5.43. The summed E-state index contributed by atoms with van der Waals surface area (Å²) in [7, 11) is 0. The smallest absolute Gasteiger partial charge is 0.271 e. The standard InChI is InChI=1S/C20H18F2N4OS/c21-15-7-13(8-16(22)9-15)10-24-19(27)17-12-28-20(25-17)14-3-4-18(23-11-14)26-5-1-2-6-26/h3-4,7-9,11-12H,1-2,5-6,10H2,(H,24,27). The summed E-state index contributed by atoms with van der Waals surface area (Å²) < 4.78 is 26.4. The fourth-order valence-electron chi connectivity index (χ4n) is 3.14. The Balaban J connectivity index is 1.41. The Morgan fingerprint density at radius 3 is 2.57 bits per heavy atom. The van der Waals surface area contributed by atoms with Gasteiger partial charge in [-0.2, -0.15) is 0 Å². The van der Waals surface area contributed by atoms with Crippen LogP contribution in [0.1, 0.15) is 28.9 Å². The van der Waals surface area contributed by atoms with Gasteiger partial charge in [0.25, 0.3) is 5.91 Å². The van der Waals surface area contributed by atoms with E-state index in [2.05, 4.69) is 20.2 Å². The number of amides is 1. The SMILES string of the molecule is O=C(NCc1cc(F)cc(F)c1)c1csc(-c2ccc(N3CCCC3)nc2)n1. The Bertz CT molecular complexity index is 964. The zero-order valence-corrected chi connectivity index (χ0v) is 15.8. The van der Waals surface area contributed by atoms with Crippen LogP contribution in [0.2, 0.25) is 0 Å². The first-order chi connectivity index (χ1) is 13.6. The Hall–Kier alpha value is -2.87. The summed E-state index contributed by atoms with van der Waals surface area (Å²) in [4.78, 5) is 23.4. The van der Waals surface area contributed by atoms with Crippen molar-refractivity contribution < 1.29 is 13.6 Å². The van der Waals surface area contributed by atoms with E-state index in [0.29, 0.717) is 10.6 Å². The highest BCUT2D eigenvalue weighted by Crippen LogP contribution is 2.25. The zero-order chi connectivity index (χ0) is 19.5. The summed E-state index contributed by atoms with van der Waals surface area (Å²) in [6.45, 7) is 2.08. The molecule has 4 rings (SSSR count). The van der Waals surface area contributed by atoms with Gasteiger partial charge < -0.3 is 10.2 Å². The lowest BCUT2D eigenvalue weighted by molar-refractivity contribution is 0.0946. The second-order valence-electron chi connectivity index (χ2n) is 6.60. The summed E-state index contributed by atoms with van der Waals surface area (Å²) >= 11 is 1.35. The van der Waals surface area contributed by atoms with Crippen LogP contribution in [-0.2, 0) is 6.54 Å².